The number of nitro benzene ring substituents is 1. The van der Waals surface area contributed by atoms with Gasteiger partial charge in [0, 0.05) is 12.1 Å². The van der Waals surface area contributed by atoms with Gasteiger partial charge in [0.05, 0.1) is 4.92 Å². The van der Waals surface area contributed by atoms with E-state index in [1.54, 1.807) is 0 Å². The zero-order valence-corrected chi connectivity index (χ0v) is 8.59. The van der Waals surface area contributed by atoms with Crippen LogP contribution in [0.2, 0.25) is 0 Å². The van der Waals surface area contributed by atoms with Gasteiger partial charge in [-0.1, -0.05) is 0 Å². The monoisotopic (exact) mass is 257 g/mol. The van der Waals surface area contributed by atoms with E-state index < -0.39 is 31.4 Å². The predicted octanol–water partition coefficient (Wildman–Crippen LogP) is 1.40. The normalized spacial score (nSPS) is 10.5. The van der Waals surface area contributed by atoms with Gasteiger partial charge in [0.25, 0.3) is 15.8 Å². The molecular formula is C6H5ClFNO5S. The number of hydrogen-bond acceptors (Lipinski definition) is 4. The van der Waals surface area contributed by atoms with E-state index in [1.807, 2.05) is 0 Å². The molecule has 0 spiro atoms. The standard InChI is InChI=1S/C6H4FNO5S.ClH/c7-5-2-1-4(8(9)10)3-6(5)14(11,12)13;/h1-3H,(H,11,12,13);1H. The second-order valence-corrected chi connectivity index (χ2v) is 3.74. The Morgan fingerprint density at radius 2 is 1.93 bits per heavy atom. The first-order valence-corrected chi connectivity index (χ1v) is 4.68. The third kappa shape index (κ3) is 3.11. The predicted molar refractivity (Wildman–Crippen MR) is 50.1 cm³/mol. The van der Waals surface area contributed by atoms with Gasteiger partial charge in [-0.2, -0.15) is 8.42 Å². The maximum atomic E-state index is 12.8. The molecule has 0 aliphatic rings. The summed E-state index contributed by atoms with van der Waals surface area (Å²) < 4.78 is 42.3. The van der Waals surface area contributed by atoms with E-state index >= 15 is 0 Å². The second kappa shape index (κ2) is 4.51. The topological polar surface area (TPSA) is 97.5 Å². The van der Waals surface area contributed by atoms with Gasteiger partial charge < -0.3 is 0 Å². The minimum absolute atomic E-state index is 0. The summed E-state index contributed by atoms with van der Waals surface area (Å²) in [4.78, 5) is 8.20. The Bertz CT molecular complexity index is 488. The Labute approximate surface area is 90.0 Å². The van der Waals surface area contributed by atoms with Crippen molar-refractivity contribution in [1.29, 1.82) is 0 Å². The Balaban J connectivity index is 0.00000196. The summed E-state index contributed by atoms with van der Waals surface area (Å²) >= 11 is 0. The van der Waals surface area contributed by atoms with Crippen LogP contribution in [0.3, 0.4) is 0 Å². The number of benzene rings is 1. The van der Waals surface area contributed by atoms with E-state index in [0.717, 1.165) is 6.07 Å². The lowest BCUT2D eigenvalue weighted by Gasteiger charge is -1.98. The highest BCUT2D eigenvalue weighted by molar-refractivity contribution is 7.85. The molecule has 0 aromatic heterocycles. The number of halogens is 2. The summed E-state index contributed by atoms with van der Waals surface area (Å²) in [7, 11) is -4.77. The number of nitrogens with zero attached hydrogens (tertiary/aromatic N) is 1. The van der Waals surface area contributed by atoms with Crippen LogP contribution in [0.25, 0.3) is 0 Å². The highest BCUT2D eigenvalue weighted by Crippen LogP contribution is 2.20. The quantitative estimate of drug-likeness (QED) is 0.491. The highest BCUT2D eigenvalue weighted by Gasteiger charge is 2.19. The molecule has 0 fully saturated rings. The van der Waals surface area contributed by atoms with Gasteiger partial charge in [-0.25, -0.2) is 4.39 Å². The molecule has 0 heterocycles. The largest absolute Gasteiger partial charge is 0.297 e. The van der Waals surface area contributed by atoms with Crippen molar-refractivity contribution in [3.63, 3.8) is 0 Å². The number of non-ortho nitro benzene ring substituents is 1. The van der Waals surface area contributed by atoms with Crippen molar-refractivity contribution in [3.8, 4) is 0 Å². The number of rotatable bonds is 2. The minimum Gasteiger partial charge on any atom is -0.282 e. The highest BCUT2D eigenvalue weighted by atomic mass is 35.5. The maximum Gasteiger partial charge on any atom is 0.297 e. The first kappa shape index (κ1) is 13.8. The lowest BCUT2D eigenvalue weighted by Crippen LogP contribution is -2.02. The molecule has 0 saturated heterocycles. The minimum atomic E-state index is -4.77. The van der Waals surface area contributed by atoms with Crippen molar-refractivity contribution in [3.05, 3.63) is 34.1 Å². The van der Waals surface area contributed by atoms with E-state index in [2.05, 4.69) is 0 Å². The summed E-state index contributed by atoms with van der Waals surface area (Å²) in [5, 5.41) is 10.2. The third-order valence-electron chi connectivity index (χ3n) is 1.40. The van der Waals surface area contributed by atoms with Crippen LogP contribution < -0.4 is 0 Å². The van der Waals surface area contributed by atoms with Crippen LogP contribution in [0.5, 0.6) is 0 Å². The SMILES string of the molecule is Cl.O=[N+]([O-])c1ccc(F)c(S(=O)(=O)O)c1. The molecule has 1 aromatic rings. The molecule has 84 valence electrons. The molecule has 0 aliphatic carbocycles. The molecule has 1 aromatic carbocycles. The lowest BCUT2D eigenvalue weighted by molar-refractivity contribution is -0.385. The summed E-state index contributed by atoms with van der Waals surface area (Å²) in [5.74, 6) is -1.24. The third-order valence-corrected chi connectivity index (χ3v) is 2.27. The number of nitro groups is 1. The van der Waals surface area contributed by atoms with E-state index in [9.17, 15) is 22.9 Å². The zero-order valence-electron chi connectivity index (χ0n) is 6.95. The van der Waals surface area contributed by atoms with Crippen LogP contribution in [0.4, 0.5) is 10.1 Å². The van der Waals surface area contributed by atoms with Gasteiger partial charge >= 0.3 is 0 Å². The fourth-order valence-electron chi connectivity index (χ4n) is 0.803. The van der Waals surface area contributed by atoms with Crippen LogP contribution in [-0.2, 0) is 10.1 Å². The van der Waals surface area contributed by atoms with E-state index in [-0.39, 0.29) is 12.4 Å². The summed E-state index contributed by atoms with van der Waals surface area (Å²) in [6.45, 7) is 0. The van der Waals surface area contributed by atoms with Gasteiger partial charge in [0.15, 0.2) is 0 Å². The van der Waals surface area contributed by atoms with Crippen molar-refractivity contribution in [1.82, 2.24) is 0 Å². The molecular weight excluding hydrogens is 253 g/mol. The van der Waals surface area contributed by atoms with Crippen LogP contribution in [-0.4, -0.2) is 17.9 Å². The average molecular weight is 258 g/mol. The van der Waals surface area contributed by atoms with Gasteiger partial charge in [-0.05, 0) is 6.07 Å². The molecule has 0 atom stereocenters. The van der Waals surface area contributed by atoms with E-state index in [0.29, 0.717) is 12.1 Å². The maximum absolute atomic E-state index is 12.8. The molecule has 0 saturated carbocycles. The van der Waals surface area contributed by atoms with Crippen LogP contribution in [0.15, 0.2) is 23.1 Å². The van der Waals surface area contributed by atoms with E-state index in [1.165, 1.54) is 0 Å². The molecule has 1 rings (SSSR count). The fourth-order valence-corrected chi connectivity index (χ4v) is 1.39. The van der Waals surface area contributed by atoms with Crippen molar-refractivity contribution in [2.24, 2.45) is 0 Å². The Morgan fingerprint density at radius 1 is 1.40 bits per heavy atom. The van der Waals surface area contributed by atoms with Crippen molar-refractivity contribution >= 4 is 28.2 Å². The fraction of sp³-hybridized carbons (Fsp3) is 0. The second-order valence-electron chi connectivity index (χ2n) is 2.35. The average Bonchev–Trinajstić information content (AvgIpc) is 2.02. The molecule has 9 heteroatoms. The van der Waals surface area contributed by atoms with Gasteiger partial charge in [0.2, 0.25) is 0 Å². The van der Waals surface area contributed by atoms with Crippen molar-refractivity contribution in [2.75, 3.05) is 0 Å². The van der Waals surface area contributed by atoms with Crippen molar-refractivity contribution in [2.45, 2.75) is 4.90 Å². The smallest absolute Gasteiger partial charge is 0.282 e. The Hall–Kier alpha value is -1.25. The molecule has 0 unspecified atom stereocenters. The first-order valence-electron chi connectivity index (χ1n) is 3.24. The Kier molecular flexibility index (Phi) is 4.14. The molecule has 15 heavy (non-hydrogen) atoms. The zero-order chi connectivity index (χ0) is 10.9. The van der Waals surface area contributed by atoms with E-state index in [4.69, 9.17) is 4.55 Å². The summed E-state index contributed by atoms with van der Waals surface area (Å²) in [5.41, 5.74) is -0.612. The van der Waals surface area contributed by atoms with Gasteiger partial charge in [-0.3, -0.25) is 14.7 Å². The number of hydrogen-bond donors (Lipinski definition) is 1. The molecule has 0 radical (unpaired) electrons. The van der Waals surface area contributed by atoms with Crippen LogP contribution in [0, 0.1) is 15.9 Å². The summed E-state index contributed by atoms with van der Waals surface area (Å²) in [6.07, 6.45) is 0. The van der Waals surface area contributed by atoms with Gasteiger partial charge in [0.1, 0.15) is 10.7 Å². The molecule has 6 nitrogen and oxygen atoms in total. The van der Waals surface area contributed by atoms with Crippen LogP contribution in [0.1, 0.15) is 0 Å². The molecule has 0 bridgehead atoms. The summed E-state index contributed by atoms with van der Waals surface area (Å²) in [6, 6.07) is 1.84. The molecule has 0 amide bonds. The van der Waals surface area contributed by atoms with Crippen molar-refractivity contribution < 1.29 is 22.3 Å². The first-order chi connectivity index (χ1) is 6.32. The lowest BCUT2D eigenvalue weighted by atomic mass is 10.3. The molecule has 0 aliphatic heterocycles. The Morgan fingerprint density at radius 3 is 2.33 bits per heavy atom. The van der Waals surface area contributed by atoms with Gasteiger partial charge in [-0.15, -0.1) is 12.4 Å². The van der Waals surface area contributed by atoms with Crippen LogP contribution >= 0.6 is 12.4 Å². The molecule has 1 N–H and O–H groups in total.